The van der Waals surface area contributed by atoms with Crippen LogP contribution in [0.1, 0.15) is 37.0 Å². The molecular formula is C19H29IN4OS. The molecule has 0 amide bonds. The molecule has 0 aliphatic heterocycles. The number of guanidine groups is 1. The predicted molar refractivity (Wildman–Crippen MR) is 121 cm³/mol. The van der Waals surface area contributed by atoms with Gasteiger partial charge in [0.15, 0.2) is 5.96 Å². The Hall–Kier alpha value is -1.35. The minimum absolute atomic E-state index is 0. The number of benzene rings is 1. The maximum Gasteiger partial charge on any atom is 0.194 e. The zero-order chi connectivity index (χ0) is 18.4. The number of para-hydroxylation sites is 1. The molecule has 0 bridgehead atoms. The van der Waals surface area contributed by atoms with Gasteiger partial charge in [-0.15, -0.1) is 35.3 Å². The fourth-order valence-electron chi connectivity index (χ4n) is 2.44. The van der Waals surface area contributed by atoms with Crippen LogP contribution in [0.3, 0.4) is 0 Å². The second-order valence-corrected chi connectivity index (χ2v) is 8.00. The molecule has 1 aromatic carbocycles. The normalized spacial score (nSPS) is 11.7. The van der Waals surface area contributed by atoms with Crippen molar-refractivity contribution in [1.29, 1.82) is 0 Å². The Labute approximate surface area is 177 Å². The molecule has 0 saturated heterocycles. The largest absolute Gasteiger partial charge is 0.488 e. The van der Waals surface area contributed by atoms with Gasteiger partial charge in [-0.2, -0.15) is 0 Å². The van der Waals surface area contributed by atoms with E-state index in [1.807, 2.05) is 32.2 Å². The molecule has 5 nitrogen and oxygen atoms in total. The number of rotatable bonds is 5. The molecule has 26 heavy (non-hydrogen) atoms. The van der Waals surface area contributed by atoms with Crippen LogP contribution in [-0.2, 0) is 13.1 Å². The number of nitrogens with zero attached hydrogens (tertiary/aromatic N) is 3. The summed E-state index contributed by atoms with van der Waals surface area (Å²) >= 11 is 1.67. The van der Waals surface area contributed by atoms with Crippen molar-refractivity contribution in [3.63, 3.8) is 0 Å². The van der Waals surface area contributed by atoms with Crippen molar-refractivity contribution in [3.8, 4) is 5.75 Å². The van der Waals surface area contributed by atoms with Crippen LogP contribution >= 0.6 is 35.3 Å². The SMILES string of the molecule is CN=C(NCc1ccccc1OC(C)(C)C)N(C)Cc1csc(C)n1.I. The van der Waals surface area contributed by atoms with Gasteiger partial charge >= 0.3 is 0 Å². The van der Waals surface area contributed by atoms with Crippen LogP contribution in [0, 0.1) is 6.92 Å². The van der Waals surface area contributed by atoms with Gasteiger partial charge in [0.25, 0.3) is 0 Å². The van der Waals surface area contributed by atoms with E-state index in [0.29, 0.717) is 6.54 Å². The molecule has 7 heteroatoms. The monoisotopic (exact) mass is 488 g/mol. The van der Waals surface area contributed by atoms with Crippen LogP contribution in [-0.4, -0.2) is 35.5 Å². The molecule has 2 rings (SSSR count). The number of aliphatic imine (C=N–C) groups is 1. The Morgan fingerprint density at radius 1 is 1.31 bits per heavy atom. The average molecular weight is 488 g/mol. The van der Waals surface area contributed by atoms with Crippen molar-refractivity contribution in [3.05, 3.63) is 45.9 Å². The van der Waals surface area contributed by atoms with Crippen LogP contribution in [0.4, 0.5) is 0 Å². The standard InChI is InChI=1S/C19H28N4OS.HI/c1-14-22-16(13-25-14)12-23(6)18(20-5)21-11-15-9-7-8-10-17(15)24-19(2,3)4;/h7-10,13H,11-12H2,1-6H3,(H,20,21);1H. The highest BCUT2D eigenvalue weighted by molar-refractivity contribution is 14.0. The van der Waals surface area contributed by atoms with Gasteiger partial charge < -0.3 is 15.0 Å². The number of hydrogen-bond acceptors (Lipinski definition) is 4. The molecule has 2 aromatic rings. The Balaban J connectivity index is 0.00000338. The first-order valence-corrected chi connectivity index (χ1v) is 9.26. The molecule has 0 atom stereocenters. The molecule has 1 heterocycles. The quantitative estimate of drug-likeness (QED) is 0.384. The van der Waals surface area contributed by atoms with E-state index in [2.05, 4.69) is 52.4 Å². The summed E-state index contributed by atoms with van der Waals surface area (Å²) in [5, 5.41) is 6.58. The second kappa shape index (κ2) is 10.1. The first kappa shape index (κ1) is 22.7. The summed E-state index contributed by atoms with van der Waals surface area (Å²) in [4.78, 5) is 11.0. The average Bonchev–Trinajstić information content (AvgIpc) is 2.93. The Morgan fingerprint density at radius 2 is 2.00 bits per heavy atom. The van der Waals surface area contributed by atoms with Gasteiger partial charge in [0.1, 0.15) is 11.4 Å². The third-order valence-electron chi connectivity index (χ3n) is 3.46. The predicted octanol–water partition coefficient (Wildman–Crippen LogP) is 4.45. The van der Waals surface area contributed by atoms with E-state index in [-0.39, 0.29) is 29.6 Å². The molecule has 0 radical (unpaired) electrons. The van der Waals surface area contributed by atoms with Crippen LogP contribution < -0.4 is 10.1 Å². The number of thiazole rings is 1. The number of ether oxygens (including phenoxy) is 1. The Morgan fingerprint density at radius 3 is 2.58 bits per heavy atom. The summed E-state index contributed by atoms with van der Waals surface area (Å²) < 4.78 is 6.06. The van der Waals surface area contributed by atoms with Gasteiger partial charge in [0.2, 0.25) is 0 Å². The van der Waals surface area contributed by atoms with E-state index in [0.717, 1.165) is 34.5 Å². The molecule has 144 valence electrons. The molecule has 0 spiro atoms. The topological polar surface area (TPSA) is 49.8 Å². The fourth-order valence-corrected chi connectivity index (χ4v) is 3.04. The lowest BCUT2D eigenvalue weighted by atomic mass is 10.1. The summed E-state index contributed by atoms with van der Waals surface area (Å²) in [6, 6.07) is 8.10. The zero-order valence-corrected chi connectivity index (χ0v) is 19.5. The van der Waals surface area contributed by atoms with Crippen molar-refractivity contribution in [2.75, 3.05) is 14.1 Å². The Kier molecular flexibility index (Phi) is 8.82. The summed E-state index contributed by atoms with van der Waals surface area (Å²) in [5.41, 5.74) is 1.94. The minimum atomic E-state index is -0.225. The van der Waals surface area contributed by atoms with Gasteiger partial charge in [-0.25, -0.2) is 4.98 Å². The number of halogens is 1. The number of hydrogen-bond donors (Lipinski definition) is 1. The van der Waals surface area contributed by atoms with Gasteiger partial charge in [-0.05, 0) is 33.8 Å². The summed E-state index contributed by atoms with van der Waals surface area (Å²) in [6.07, 6.45) is 0. The summed E-state index contributed by atoms with van der Waals surface area (Å²) in [7, 11) is 3.81. The van der Waals surface area contributed by atoms with Crippen LogP contribution in [0.2, 0.25) is 0 Å². The molecule has 0 aliphatic carbocycles. The third kappa shape index (κ3) is 7.11. The van der Waals surface area contributed by atoms with Crippen LogP contribution in [0.15, 0.2) is 34.6 Å². The molecule has 1 N–H and O–H groups in total. The molecule has 0 saturated carbocycles. The molecule has 0 aliphatic rings. The second-order valence-electron chi connectivity index (χ2n) is 6.94. The van der Waals surface area contributed by atoms with Crippen molar-refractivity contribution in [2.45, 2.75) is 46.4 Å². The number of aromatic nitrogens is 1. The lowest BCUT2D eigenvalue weighted by molar-refractivity contribution is 0.129. The summed E-state index contributed by atoms with van der Waals surface area (Å²) in [5.74, 6) is 1.73. The van der Waals surface area contributed by atoms with E-state index in [9.17, 15) is 0 Å². The molecule has 0 fully saturated rings. The van der Waals surface area contributed by atoms with E-state index < -0.39 is 0 Å². The molecular weight excluding hydrogens is 459 g/mol. The molecule has 1 aromatic heterocycles. The molecule has 0 unspecified atom stereocenters. The smallest absolute Gasteiger partial charge is 0.194 e. The zero-order valence-electron chi connectivity index (χ0n) is 16.4. The first-order chi connectivity index (χ1) is 11.8. The van der Waals surface area contributed by atoms with Crippen LogP contribution in [0.25, 0.3) is 0 Å². The van der Waals surface area contributed by atoms with Gasteiger partial charge in [0.05, 0.1) is 17.2 Å². The first-order valence-electron chi connectivity index (χ1n) is 8.38. The van der Waals surface area contributed by atoms with E-state index >= 15 is 0 Å². The maximum atomic E-state index is 6.06. The highest BCUT2D eigenvalue weighted by Crippen LogP contribution is 2.22. The lowest BCUT2D eigenvalue weighted by Crippen LogP contribution is -2.38. The van der Waals surface area contributed by atoms with Gasteiger partial charge in [0, 0.05) is 31.6 Å². The van der Waals surface area contributed by atoms with Crippen LogP contribution in [0.5, 0.6) is 5.75 Å². The van der Waals surface area contributed by atoms with Crippen molar-refractivity contribution in [1.82, 2.24) is 15.2 Å². The fraction of sp³-hybridized carbons (Fsp3) is 0.474. The number of nitrogens with one attached hydrogen (secondary N) is 1. The van der Waals surface area contributed by atoms with Gasteiger partial charge in [-0.1, -0.05) is 18.2 Å². The maximum absolute atomic E-state index is 6.06. The van der Waals surface area contributed by atoms with Gasteiger partial charge in [-0.3, -0.25) is 4.99 Å². The summed E-state index contributed by atoms with van der Waals surface area (Å²) in [6.45, 7) is 9.57. The Bertz CT molecular complexity index is 724. The lowest BCUT2D eigenvalue weighted by Gasteiger charge is -2.25. The van der Waals surface area contributed by atoms with E-state index in [1.165, 1.54) is 0 Å². The van der Waals surface area contributed by atoms with Crippen molar-refractivity contribution in [2.24, 2.45) is 4.99 Å². The number of aryl methyl sites for hydroxylation is 1. The highest BCUT2D eigenvalue weighted by atomic mass is 127. The highest BCUT2D eigenvalue weighted by Gasteiger charge is 2.15. The van der Waals surface area contributed by atoms with E-state index in [4.69, 9.17) is 4.74 Å². The van der Waals surface area contributed by atoms with Crippen molar-refractivity contribution >= 4 is 41.3 Å². The van der Waals surface area contributed by atoms with Crippen molar-refractivity contribution < 1.29 is 4.74 Å². The minimum Gasteiger partial charge on any atom is -0.488 e. The third-order valence-corrected chi connectivity index (χ3v) is 4.29. The van der Waals surface area contributed by atoms with E-state index in [1.54, 1.807) is 18.4 Å².